The molecular formula is C19H30IN5O3S. The number of rotatable bonds is 6. The Bertz CT molecular complexity index is 846. The molecule has 0 aromatic heterocycles. The van der Waals surface area contributed by atoms with Crippen LogP contribution in [0.25, 0.3) is 0 Å². The maximum atomic E-state index is 12.7. The summed E-state index contributed by atoms with van der Waals surface area (Å²) in [6.45, 7) is 4.02. The number of carbonyl (C=O) groups excluding carboxylic acids is 1. The fourth-order valence-corrected chi connectivity index (χ4v) is 5.15. The average Bonchev–Trinajstić information content (AvgIpc) is 3.33. The molecule has 1 saturated heterocycles. The Hall–Kier alpha value is -1.56. The van der Waals surface area contributed by atoms with Gasteiger partial charge in [0.25, 0.3) is 0 Å². The number of nitrogens with one attached hydrogen (secondary N) is 2. The number of guanidine groups is 1. The van der Waals surface area contributed by atoms with Crippen LogP contribution in [0.3, 0.4) is 0 Å². The average molecular weight is 535 g/mol. The van der Waals surface area contributed by atoms with Crippen molar-refractivity contribution in [3.8, 4) is 0 Å². The van der Waals surface area contributed by atoms with Crippen molar-refractivity contribution in [3.63, 3.8) is 0 Å². The van der Waals surface area contributed by atoms with E-state index in [1.165, 1.54) is 4.31 Å². The molecule has 1 unspecified atom stereocenters. The van der Waals surface area contributed by atoms with Gasteiger partial charge in [0.1, 0.15) is 0 Å². The Morgan fingerprint density at radius 3 is 2.76 bits per heavy atom. The Morgan fingerprint density at radius 2 is 2.03 bits per heavy atom. The number of halogens is 1. The van der Waals surface area contributed by atoms with E-state index in [2.05, 4.69) is 15.6 Å². The summed E-state index contributed by atoms with van der Waals surface area (Å²) in [4.78, 5) is 17.8. The topological polar surface area (TPSA) is 94.1 Å². The van der Waals surface area contributed by atoms with Gasteiger partial charge in [0.05, 0.1) is 11.4 Å². The van der Waals surface area contributed by atoms with Gasteiger partial charge in [0.2, 0.25) is 15.9 Å². The van der Waals surface area contributed by atoms with Gasteiger partial charge in [-0.25, -0.2) is 8.42 Å². The normalized spacial score (nSPS) is 19.0. The van der Waals surface area contributed by atoms with Crippen LogP contribution in [0.4, 0.5) is 5.69 Å². The molecule has 0 radical (unpaired) electrons. The molecule has 1 aromatic rings. The van der Waals surface area contributed by atoms with Crippen LogP contribution in [0, 0.1) is 0 Å². The van der Waals surface area contributed by atoms with Crippen LogP contribution in [-0.4, -0.2) is 70.2 Å². The van der Waals surface area contributed by atoms with E-state index in [1.807, 2.05) is 36.1 Å². The van der Waals surface area contributed by atoms with E-state index in [9.17, 15) is 13.2 Å². The van der Waals surface area contributed by atoms with Gasteiger partial charge in [-0.3, -0.25) is 14.1 Å². The Balaban J connectivity index is 0.00000300. The van der Waals surface area contributed by atoms with Crippen molar-refractivity contribution >= 4 is 51.6 Å². The van der Waals surface area contributed by atoms with Crippen LogP contribution < -0.4 is 14.9 Å². The largest absolute Gasteiger partial charge is 0.355 e. The number of hydrogen-bond acceptors (Lipinski definition) is 4. The second-order valence-electron chi connectivity index (χ2n) is 7.09. The summed E-state index contributed by atoms with van der Waals surface area (Å²) < 4.78 is 27.0. The van der Waals surface area contributed by atoms with E-state index in [1.54, 1.807) is 7.05 Å². The molecule has 10 heteroatoms. The number of carbonyl (C=O) groups is 1. The van der Waals surface area contributed by atoms with Crippen molar-refractivity contribution in [2.45, 2.75) is 32.2 Å². The second-order valence-corrected chi connectivity index (χ2v) is 9.10. The van der Waals surface area contributed by atoms with Gasteiger partial charge in [0, 0.05) is 45.7 Å². The lowest BCUT2D eigenvalue weighted by atomic mass is 10.2. The van der Waals surface area contributed by atoms with Crippen molar-refractivity contribution in [2.75, 3.05) is 43.3 Å². The monoisotopic (exact) mass is 535 g/mol. The molecule has 2 heterocycles. The Kier molecular flexibility index (Phi) is 8.56. The van der Waals surface area contributed by atoms with Gasteiger partial charge < -0.3 is 15.5 Å². The van der Waals surface area contributed by atoms with Gasteiger partial charge in [-0.05, 0) is 24.5 Å². The highest BCUT2D eigenvalue weighted by atomic mass is 127. The standard InChI is InChI=1S/C19H29N5O3S.HI/c1-3-18(25)23-11-9-16(14-23)22-19(20-2)21-10-13-28(26,27)24-12-8-15-6-4-5-7-17(15)24;/h4-7,16H,3,8-14H2,1-2H3,(H2,20,21,22);1H. The smallest absolute Gasteiger partial charge is 0.236 e. The zero-order valence-electron chi connectivity index (χ0n) is 16.9. The van der Waals surface area contributed by atoms with Crippen LogP contribution in [0.15, 0.2) is 29.3 Å². The molecule has 1 aromatic carbocycles. The molecule has 2 aliphatic rings. The second kappa shape index (κ2) is 10.5. The van der Waals surface area contributed by atoms with Gasteiger partial charge in [-0.15, -0.1) is 24.0 Å². The molecule has 8 nitrogen and oxygen atoms in total. The minimum absolute atomic E-state index is 0. The predicted molar refractivity (Wildman–Crippen MR) is 126 cm³/mol. The molecule has 0 bridgehead atoms. The Labute approximate surface area is 190 Å². The van der Waals surface area contributed by atoms with Crippen LogP contribution in [0.2, 0.25) is 0 Å². The number of fused-ring (bicyclic) bond motifs is 1. The first-order chi connectivity index (χ1) is 13.4. The molecule has 1 amide bonds. The summed E-state index contributed by atoms with van der Waals surface area (Å²) in [5.41, 5.74) is 1.86. The number of hydrogen-bond donors (Lipinski definition) is 2. The van der Waals surface area contributed by atoms with Crippen molar-refractivity contribution < 1.29 is 13.2 Å². The molecule has 2 N–H and O–H groups in total. The highest BCUT2D eigenvalue weighted by Gasteiger charge is 2.29. The molecule has 0 saturated carbocycles. The van der Waals surface area contributed by atoms with E-state index >= 15 is 0 Å². The summed E-state index contributed by atoms with van der Waals surface area (Å²) in [5, 5.41) is 6.37. The van der Waals surface area contributed by atoms with Gasteiger partial charge >= 0.3 is 0 Å². The molecule has 1 fully saturated rings. The first kappa shape index (κ1) is 23.7. The number of benzene rings is 1. The zero-order valence-corrected chi connectivity index (χ0v) is 20.1. The van der Waals surface area contributed by atoms with Crippen LogP contribution in [-0.2, 0) is 21.2 Å². The molecule has 29 heavy (non-hydrogen) atoms. The number of likely N-dealkylation sites (tertiary alicyclic amines) is 1. The quantitative estimate of drug-likeness (QED) is 0.324. The van der Waals surface area contributed by atoms with E-state index < -0.39 is 10.0 Å². The van der Waals surface area contributed by atoms with Crippen LogP contribution in [0.5, 0.6) is 0 Å². The van der Waals surface area contributed by atoms with Crippen LogP contribution in [0.1, 0.15) is 25.3 Å². The number of amides is 1. The number of anilines is 1. The zero-order chi connectivity index (χ0) is 20.1. The minimum atomic E-state index is -3.39. The molecule has 3 rings (SSSR count). The first-order valence-corrected chi connectivity index (χ1v) is 11.4. The van der Waals surface area contributed by atoms with E-state index in [0.717, 1.165) is 30.6 Å². The number of nitrogens with zero attached hydrogens (tertiary/aromatic N) is 3. The molecule has 0 spiro atoms. The first-order valence-electron chi connectivity index (χ1n) is 9.78. The summed E-state index contributed by atoms with van der Waals surface area (Å²) in [7, 11) is -1.74. The van der Waals surface area contributed by atoms with Gasteiger partial charge in [-0.2, -0.15) is 0 Å². The van der Waals surface area contributed by atoms with E-state index in [4.69, 9.17) is 0 Å². The third kappa shape index (κ3) is 5.74. The SMILES string of the molecule is CCC(=O)N1CCC(NC(=NC)NCCS(=O)(=O)N2CCc3ccccc32)C1.I. The molecule has 2 aliphatic heterocycles. The summed E-state index contributed by atoms with van der Waals surface area (Å²) in [6.07, 6.45) is 2.12. The molecular weight excluding hydrogens is 505 g/mol. The van der Waals surface area contributed by atoms with Crippen molar-refractivity contribution in [1.29, 1.82) is 0 Å². The number of para-hydroxylation sites is 1. The van der Waals surface area contributed by atoms with Gasteiger partial charge in [0.15, 0.2) is 5.96 Å². The van der Waals surface area contributed by atoms with Crippen LogP contribution >= 0.6 is 24.0 Å². The summed E-state index contributed by atoms with van der Waals surface area (Å²) in [5.74, 6) is 0.713. The lowest BCUT2D eigenvalue weighted by molar-refractivity contribution is -0.129. The predicted octanol–water partition coefficient (Wildman–Crippen LogP) is 1.17. The number of aliphatic imine (C=N–C) groups is 1. The maximum Gasteiger partial charge on any atom is 0.236 e. The lowest BCUT2D eigenvalue weighted by Gasteiger charge is -2.21. The highest BCUT2D eigenvalue weighted by Crippen LogP contribution is 2.29. The minimum Gasteiger partial charge on any atom is -0.355 e. The maximum absolute atomic E-state index is 12.7. The lowest BCUT2D eigenvalue weighted by Crippen LogP contribution is -2.46. The van der Waals surface area contributed by atoms with Crippen molar-refractivity contribution in [2.24, 2.45) is 4.99 Å². The molecule has 1 atom stereocenters. The molecule has 162 valence electrons. The fraction of sp³-hybridized carbons (Fsp3) is 0.579. The summed E-state index contributed by atoms with van der Waals surface area (Å²) in [6, 6.07) is 7.76. The highest BCUT2D eigenvalue weighted by molar-refractivity contribution is 14.0. The van der Waals surface area contributed by atoms with E-state index in [0.29, 0.717) is 25.5 Å². The fourth-order valence-electron chi connectivity index (χ4n) is 3.72. The number of sulfonamides is 1. The van der Waals surface area contributed by atoms with Crippen molar-refractivity contribution in [1.82, 2.24) is 15.5 Å². The summed E-state index contributed by atoms with van der Waals surface area (Å²) >= 11 is 0. The third-order valence-corrected chi connectivity index (χ3v) is 7.01. The van der Waals surface area contributed by atoms with Crippen molar-refractivity contribution in [3.05, 3.63) is 29.8 Å². The van der Waals surface area contributed by atoms with Gasteiger partial charge in [-0.1, -0.05) is 25.1 Å². The van der Waals surface area contributed by atoms with E-state index in [-0.39, 0.29) is 48.2 Å². The molecule has 0 aliphatic carbocycles. The third-order valence-electron chi connectivity index (χ3n) is 5.24. The Morgan fingerprint density at radius 1 is 1.28 bits per heavy atom.